The number of likely N-dealkylation sites (tertiary alicyclic amines) is 1. The minimum Gasteiger partial charge on any atom is -0.480 e. The third kappa shape index (κ3) is 1.02. The van der Waals surface area contributed by atoms with Crippen molar-refractivity contribution in [1.29, 1.82) is 0 Å². The first-order valence-corrected chi connectivity index (χ1v) is 4.89. The average molecular weight is 183 g/mol. The number of ether oxygens (including phenoxy) is 1. The topological polar surface area (TPSA) is 49.8 Å². The second-order valence-electron chi connectivity index (χ2n) is 4.22. The van der Waals surface area contributed by atoms with Gasteiger partial charge in [0.2, 0.25) is 0 Å². The van der Waals surface area contributed by atoms with Gasteiger partial charge in [0.25, 0.3) is 0 Å². The third-order valence-corrected chi connectivity index (χ3v) is 3.32. The molecule has 1 aliphatic carbocycles. The summed E-state index contributed by atoms with van der Waals surface area (Å²) in [4.78, 5) is 13.2. The minimum atomic E-state index is -0.709. The molecule has 1 saturated carbocycles. The smallest absolute Gasteiger partial charge is 0.323 e. The molecule has 0 aromatic rings. The maximum atomic E-state index is 11.0. The number of rotatable bonds is 2. The Morgan fingerprint density at radius 1 is 1.38 bits per heavy atom. The van der Waals surface area contributed by atoms with Crippen LogP contribution in [0, 0.1) is 0 Å². The number of aliphatic carboxylic acids is 1. The van der Waals surface area contributed by atoms with Crippen LogP contribution in [0.25, 0.3) is 0 Å². The summed E-state index contributed by atoms with van der Waals surface area (Å²) in [5.74, 6) is -0.709. The lowest BCUT2D eigenvalue weighted by molar-refractivity contribution is -0.150. The molecule has 2 bridgehead atoms. The molecule has 0 radical (unpaired) electrons. The number of carbonyl (C=O) groups is 1. The summed E-state index contributed by atoms with van der Waals surface area (Å²) in [7, 11) is 0. The monoisotopic (exact) mass is 183 g/mol. The van der Waals surface area contributed by atoms with Crippen molar-refractivity contribution in [3.05, 3.63) is 0 Å². The van der Waals surface area contributed by atoms with Crippen molar-refractivity contribution in [2.45, 2.75) is 43.5 Å². The van der Waals surface area contributed by atoms with Gasteiger partial charge in [-0.3, -0.25) is 9.69 Å². The number of carboxylic acid groups (broad SMARTS) is 1. The Morgan fingerprint density at radius 3 is 2.77 bits per heavy atom. The number of morpholine rings is 1. The molecule has 3 atom stereocenters. The zero-order valence-electron chi connectivity index (χ0n) is 7.35. The molecule has 1 N–H and O–H groups in total. The van der Waals surface area contributed by atoms with E-state index in [1.165, 1.54) is 12.8 Å². The Labute approximate surface area is 76.5 Å². The van der Waals surface area contributed by atoms with Gasteiger partial charge in [0.05, 0.1) is 12.7 Å². The van der Waals surface area contributed by atoms with Crippen LogP contribution < -0.4 is 0 Å². The number of hydrogen-bond acceptors (Lipinski definition) is 3. The summed E-state index contributed by atoms with van der Waals surface area (Å²) in [5.41, 5.74) is 0. The molecule has 0 aromatic heterocycles. The molecule has 3 aliphatic rings. The van der Waals surface area contributed by atoms with Crippen LogP contribution in [-0.2, 0) is 9.53 Å². The Balaban J connectivity index is 1.86. The standard InChI is InChI=1S/C9H13NO3/c11-9(12)8-7-3-6(4-13-7)10(8)5-1-2-5/h5-8H,1-4H2,(H,11,12). The Hall–Kier alpha value is -0.610. The van der Waals surface area contributed by atoms with E-state index in [2.05, 4.69) is 4.90 Å². The normalized spacial score (nSPS) is 44.2. The highest BCUT2D eigenvalue weighted by molar-refractivity contribution is 5.75. The lowest BCUT2D eigenvalue weighted by atomic mass is 10.2. The predicted octanol–water partition coefficient (Wildman–Crippen LogP) is 0.0751. The highest BCUT2D eigenvalue weighted by Gasteiger charge is 2.54. The number of carboxylic acids is 1. The maximum Gasteiger partial charge on any atom is 0.323 e. The molecule has 3 rings (SSSR count). The Morgan fingerprint density at radius 2 is 2.15 bits per heavy atom. The van der Waals surface area contributed by atoms with Crippen molar-refractivity contribution in [2.24, 2.45) is 0 Å². The molecular weight excluding hydrogens is 170 g/mol. The van der Waals surface area contributed by atoms with Gasteiger partial charge in [-0.15, -0.1) is 0 Å². The van der Waals surface area contributed by atoms with Gasteiger partial charge in [-0.05, 0) is 19.3 Å². The summed E-state index contributed by atoms with van der Waals surface area (Å²) in [6.45, 7) is 0.741. The van der Waals surface area contributed by atoms with Crippen molar-refractivity contribution in [1.82, 2.24) is 4.90 Å². The molecule has 72 valence electrons. The summed E-state index contributed by atoms with van der Waals surface area (Å²) in [5, 5.41) is 9.06. The first kappa shape index (κ1) is 7.76. The molecule has 13 heavy (non-hydrogen) atoms. The molecule has 0 amide bonds. The Kier molecular flexibility index (Phi) is 1.46. The molecule has 4 nitrogen and oxygen atoms in total. The van der Waals surface area contributed by atoms with Crippen molar-refractivity contribution in [3.63, 3.8) is 0 Å². The zero-order chi connectivity index (χ0) is 9.00. The molecule has 3 unspecified atom stereocenters. The van der Waals surface area contributed by atoms with Gasteiger partial charge in [0.1, 0.15) is 6.04 Å². The van der Waals surface area contributed by atoms with Crippen LogP contribution >= 0.6 is 0 Å². The molecule has 3 fully saturated rings. The number of hydrogen-bond donors (Lipinski definition) is 1. The molecule has 0 aromatic carbocycles. The van der Waals surface area contributed by atoms with Crippen LogP contribution in [0.5, 0.6) is 0 Å². The van der Waals surface area contributed by atoms with E-state index in [1.54, 1.807) is 0 Å². The quantitative estimate of drug-likeness (QED) is 0.658. The second-order valence-corrected chi connectivity index (χ2v) is 4.22. The van der Waals surface area contributed by atoms with Gasteiger partial charge in [-0.1, -0.05) is 0 Å². The van der Waals surface area contributed by atoms with Crippen LogP contribution in [0.1, 0.15) is 19.3 Å². The van der Waals surface area contributed by atoms with E-state index in [4.69, 9.17) is 9.84 Å². The van der Waals surface area contributed by atoms with Crippen molar-refractivity contribution in [3.8, 4) is 0 Å². The molecular formula is C9H13NO3. The summed E-state index contributed by atoms with van der Waals surface area (Å²) in [6, 6.07) is 0.574. The fraction of sp³-hybridized carbons (Fsp3) is 0.889. The SMILES string of the molecule is O=C(O)C1C2CC(CO2)N1C1CC1. The van der Waals surface area contributed by atoms with E-state index < -0.39 is 5.97 Å². The van der Waals surface area contributed by atoms with Crippen molar-refractivity contribution < 1.29 is 14.6 Å². The lowest BCUT2D eigenvalue weighted by Gasteiger charge is -2.32. The van der Waals surface area contributed by atoms with E-state index in [-0.39, 0.29) is 12.1 Å². The summed E-state index contributed by atoms with van der Waals surface area (Å²) >= 11 is 0. The number of nitrogens with zero attached hydrogens (tertiary/aromatic N) is 1. The highest BCUT2D eigenvalue weighted by Crippen LogP contribution is 2.41. The van der Waals surface area contributed by atoms with E-state index in [0.29, 0.717) is 12.1 Å². The second kappa shape index (κ2) is 2.45. The number of fused-ring (bicyclic) bond motifs is 2. The predicted molar refractivity (Wildman–Crippen MR) is 44.4 cm³/mol. The Bertz CT molecular complexity index is 251. The van der Waals surface area contributed by atoms with Gasteiger partial charge >= 0.3 is 5.97 Å². The maximum absolute atomic E-state index is 11.0. The summed E-state index contributed by atoms with van der Waals surface area (Å²) < 4.78 is 5.41. The fourth-order valence-corrected chi connectivity index (χ4v) is 2.67. The van der Waals surface area contributed by atoms with Gasteiger partial charge in [0, 0.05) is 12.1 Å². The molecule has 2 aliphatic heterocycles. The van der Waals surface area contributed by atoms with E-state index >= 15 is 0 Å². The molecule has 0 spiro atoms. The van der Waals surface area contributed by atoms with Crippen LogP contribution in [0.3, 0.4) is 0 Å². The van der Waals surface area contributed by atoms with Gasteiger partial charge in [-0.2, -0.15) is 0 Å². The average Bonchev–Trinajstić information content (AvgIpc) is 2.73. The fourth-order valence-electron chi connectivity index (χ4n) is 2.67. The molecule has 2 saturated heterocycles. The van der Waals surface area contributed by atoms with Crippen LogP contribution in [-0.4, -0.2) is 46.8 Å². The van der Waals surface area contributed by atoms with E-state index in [1.807, 2.05) is 0 Å². The summed E-state index contributed by atoms with van der Waals surface area (Å²) in [6.07, 6.45) is 3.23. The van der Waals surface area contributed by atoms with Crippen LogP contribution in [0.15, 0.2) is 0 Å². The van der Waals surface area contributed by atoms with Crippen molar-refractivity contribution in [2.75, 3.05) is 6.61 Å². The largest absolute Gasteiger partial charge is 0.480 e. The zero-order valence-corrected chi connectivity index (χ0v) is 7.35. The first-order chi connectivity index (χ1) is 6.27. The first-order valence-electron chi connectivity index (χ1n) is 4.89. The van der Waals surface area contributed by atoms with Crippen LogP contribution in [0.2, 0.25) is 0 Å². The highest BCUT2D eigenvalue weighted by atomic mass is 16.5. The van der Waals surface area contributed by atoms with Crippen molar-refractivity contribution >= 4 is 5.97 Å². The minimum absolute atomic E-state index is 0.0388. The van der Waals surface area contributed by atoms with Gasteiger partial charge in [0.15, 0.2) is 0 Å². The molecule has 2 heterocycles. The van der Waals surface area contributed by atoms with E-state index in [0.717, 1.165) is 13.0 Å². The lowest BCUT2D eigenvalue weighted by Crippen LogP contribution is -2.50. The van der Waals surface area contributed by atoms with Crippen LogP contribution in [0.4, 0.5) is 0 Å². The van der Waals surface area contributed by atoms with Gasteiger partial charge < -0.3 is 9.84 Å². The third-order valence-electron chi connectivity index (χ3n) is 3.32. The van der Waals surface area contributed by atoms with Gasteiger partial charge in [-0.25, -0.2) is 0 Å². The molecule has 4 heteroatoms. The van der Waals surface area contributed by atoms with E-state index in [9.17, 15) is 4.79 Å².